The average molecular weight is 246 g/mol. The lowest BCUT2D eigenvalue weighted by Gasteiger charge is -2.24. The van der Waals surface area contributed by atoms with Crippen LogP contribution >= 0.6 is 0 Å². The number of hydrogen-bond donors (Lipinski definition) is 1. The molecule has 1 amide bonds. The van der Waals surface area contributed by atoms with Crippen molar-refractivity contribution < 1.29 is 9.53 Å². The van der Waals surface area contributed by atoms with E-state index < -0.39 is 5.54 Å². The maximum Gasteiger partial charge on any atom is 0.252 e. The Morgan fingerprint density at radius 3 is 2.28 bits per heavy atom. The van der Waals surface area contributed by atoms with Gasteiger partial charge >= 0.3 is 0 Å². The molecule has 0 fully saturated rings. The second-order valence-electron chi connectivity index (χ2n) is 4.08. The standard InChI is InChI=1S/C14H18N2O2/c1-4-14(5-2,10-15)16-13(17)11-6-8-12(18-3)9-7-11/h6-9H,4-5H2,1-3H3,(H,16,17). The van der Waals surface area contributed by atoms with Crippen LogP contribution in [-0.2, 0) is 0 Å². The van der Waals surface area contributed by atoms with Crippen LogP contribution in [0.4, 0.5) is 0 Å². The van der Waals surface area contributed by atoms with Crippen LogP contribution in [0.3, 0.4) is 0 Å². The summed E-state index contributed by atoms with van der Waals surface area (Å²) in [6, 6.07) is 8.99. The summed E-state index contributed by atoms with van der Waals surface area (Å²) in [6.07, 6.45) is 1.17. The van der Waals surface area contributed by atoms with Crippen molar-refractivity contribution in [2.24, 2.45) is 0 Å². The SMILES string of the molecule is CCC(C#N)(CC)NC(=O)c1ccc(OC)cc1. The topological polar surface area (TPSA) is 62.1 Å². The molecule has 0 aliphatic rings. The summed E-state index contributed by atoms with van der Waals surface area (Å²) in [5.74, 6) is 0.465. The van der Waals surface area contributed by atoms with E-state index >= 15 is 0 Å². The summed E-state index contributed by atoms with van der Waals surface area (Å²) >= 11 is 0. The Kier molecular flexibility index (Phi) is 4.73. The Bertz CT molecular complexity index is 442. The predicted octanol–water partition coefficient (Wildman–Crippen LogP) is 2.51. The van der Waals surface area contributed by atoms with Crippen LogP contribution in [0.5, 0.6) is 5.75 Å². The highest BCUT2D eigenvalue weighted by atomic mass is 16.5. The fraction of sp³-hybridized carbons (Fsp3) is 0.429. The minimum atomic E-state index is -0.781. The van der Waals surface area contributed by atoms with Crippen molar-refractivity contribution >= 4 is 5.91 Å². The summed E-state index contributed by atoms with van der Waals surface area (Å²) < 4.78 is 5.03. The predicted molar refractivity (Wildman–Crippen MR) is 69.4 cm³/mol. The van der Waals surface area contributed by atoms with Crippen molar-refractivity contribution in [3.8, 4) is 11.8 Å². The van der Waals surface area contributed by atoms with Crippen molar-refractivity contribution in [2.75, 3.05) is 7.11 Å². The molecule has 18 heavy (non-hydrogen) atoms. The minimum absolute atomic E-state index is 0.233. The van der Waals surface area contributed by atoms with Crippen LogP contribution in [0, 0.1) is 11.3 Å². The summed E-state index contributed by atoms with van der Waals surface area (Å²) in [7, 11) is 1.57. The van der Waals surface area contributed by atoms with Gasteiger partial charge in [0, 0.05) is 5.56 Å². The Labute approximate surface area is 108 Å². The first kappa shape index (κ1) is 14.0. The molecule has 4 heteroatoms. The van der Waals surface area contributed by atoms with E-state index in [9.17, 15) is 4.79 Å². The molecular formula is C14H18N2O2. The van der Waals surface area contributed by atoms with Gasteiger partial charge in [-0.05, 0) is 37.1 Å². The molecule has 0 aromatic heterocycles. The molecule has 0 saturated carbocycles. The summed E-state index contributed by atoms with van der Waals surface area (Å²) in [4.78, 5) is 12.0. The van der Waals surface area contributed by atoms with E-state index in [2.05, 4.69) is 11.4 Å². The zero-order valence-electron chi connectivity index (χ0n) is 11.0. The third-order valence-electron chi connectivity index (χ3n) is 3.13. The van der Waals surface area contributed by atoms with Crippen LogP contribution < -0.4 is 10.1 Å². The molecule has 0 atom stereocenters. The van der Waals surface area contributed by atoms with E-state index in [-0.39, 0.29) is 5.91 Å². The highest BCUT2D eigenvalue weighted by Crippen LogP contribution is 2.16. The summed E-state index contributed by atoms with van der Waals surface area (Å²) in [6.45, 7) is 3.78. The summed E-state index contributed by atoms with van der Waals surface area (Å²) in [5, 5.41) is 12.0. The monoisotopic (exact) mass is 246 g/mol. The van der Waals surface area contributed by atoms with E-state index in [1.165, 1.54) is 0 Å². The number of amides is 1. The number of hydrogen-bond acceptors (Lipinski definition) is 3. The van der Waals surface area contributed by atoms with Crippen LogP contribution in [0.25, 0.3) is 0 Å². The second kappa shape index (κ2) is 6.06. The van der Waals surface area contributed by atoms with Crippen molar-refractivity contribution in [1.29, 1.82) is 5.26 Å². The van der Waals surface area contributed by atoms with Crippen molar-refractivity contribution in [3.05, 3.63) is 29.8 Å². The number of rotatable bonds is 5. The fourth-order valence-corrected chi connectivity index (χ4v) is 1.64. The van der Waals surface area contributed by atoms with Gasteiger partial charge in [0.05, 0.1) is 13.2 Å². The zero-order chi connectivity index (χ0) is 13.6. The molecule has 0 radical (unpaired) electrons. The van der Waals surface area contributed by atoms with E-state index in [4.69, 9.17) is 10.00 Å². The Hall–Kier alpha value is -2.02. The molecule has 0 heterocycles. The normalized spacial score (nSPS) is 10.6. The number of carbonyl (C=O) groups excluding carboxylic acids is 1. The van der Waals surface area contributed by atoms with Crippen molar-refractivity contribution in [1.82, 2.24) is 5.32 Å². The number of ether oxygens (including phenoxy) is 1. The first-order valence-electron chi connectivity index (χ1n) is 5.98. The maximum absolute atomic E-state index is 12.0. The minimum Gasteiger partial charge on any atom is -0.497 e. The Morgan fingerprint density at radius 2 is 1.89 bits per heavy atom. The van der Waals surface area contributed by atoms with Crippen molar-refractivity contribution in [2.45, 2.75) is 32.2 Å². The number of nitrogens with one attached hydrogen (secondary N) is 1. The zero-order valence-corrected chi connectivity index (χ0v) is 11.0. The highest BCUT2D eigenvalue weighted by molar-refractivity contribution is 5.95. The molecule has 0 saturated heterocycles. The molecule has 0 aliphatic carbocycles. The van der Waals surface area contributed by atoms with Gasteiger partial charge in [0.2, 0.25) is 0 Å². The molecule has 0 bridgehead atoms. The van der Waals surface area contributed by atoms with E-state index in [1.807, 2.05) is 13.8 Å². The highest BCUT2D eigenvalue weighted by Gasteiger charge is 2.27. The molecule has 1 aromatic carbocycles. The molecule has 0 unspecified atom stereocenters. The molecular weight excluding hydrogens is 228 g/mol. The lowest BCUT2D eigenvalue weighted by atomic mass is 9.94. The molecule has 96 valence electrons. The third kappa shape index (κ3) is 3.01. The lowest BCUT2D eigenvalue weighted by Crippen LogP contribution is -2.46. The number of nitrogens with zero attached hydrogens (tertiary/aromatic N) is 1. The molecule has 0 spiro atoms. The third-order valence-corrected chi connectivity index (χ3v) is 3.13. The second-order valence-corrected chi connectivity index (χ2v) is 4.08. The van der Waals surface area contributed by atoms with Gasteiger partial charge in [-0.25, -0.2) is 0 Å². The van der Waals surface area contributed by atoms with Gasteiger partial charge in [-0.3, -0.25) is 4.79 Å². The number of benzene rings is 1. The van der Waals surface area contributed by atoms with E-state index in [1.54, 1.807) is 31.4 Å². The van der Waals surface area contributed by atoms with Gasteiger partial charge in [0.25, 0.3) is 5.91 Å². The average Bonchev–Trinajstić information content (AvgIpc) is 2.45. The Balaban J connectivity index is 2.84. The van der Waals surface area contributed by atoms with Crippen molar-refractivity contribution in [3.63, 3.8) is 0 Å². The van der Waals surface area contributed by atoms with Gasteiger partial charge in [-0.15, -0.1) is 0 Å². The molecule has 1 aromatic rings. The quantitative estimate of drug-likeness (QED) is 0.868. The number of nitriles is 1. The number of carbonyl (C=O) groups is 1. The van der Waals surface area contributed by atoms with E-state index in [0.717, 1.165) is 0 Å². The van der Waals surface area contributed by atoms with Gasteiger partial charge in [0.1, 0.15) is 11.3 Å². The lowest BCUT2D eigenvalue weighted by molar-refractivity contribution is 0.0915. The summed E-state index contributed by atoms with van der Waals surface area (Å²) in [5.41, 5.74) is -0.255. The van der Waals surface area contributed by atoms with Crippen LogP contribution in [0.2, 0.25) is 0 Å². The molecule has 0 aliphatic heterocycles. The maximum atomic E-state index is 12.0. The van der Waals surface area contributed by atoms with Crippen LogP contribution in [-0.4, -0.2) is 18.6 Å². The van der Waals surface area contributed by atoms with Crippen LogP contribution in [0.1, 0.15) is 37.0 Å². The van der Waals surface area contributed by atoms with E-state index in [0.29, 0.717) is 24.2 Å². The smallest absolute Gasteiger partial charge is 0.252 e. The molecule has 1 rings (SSSR count). The molecule has 1 N–H and O–H groups in total. The van der Waals surface area contributed by atoms with Gasteiger partial charge in [0.15, 0.2) is 0 Å². The number of methoxy groups -OCH3 is 1. The van der Waals surface area contributed by atoms with Gasteiger partial charge < -0.3 is 10.1 Å². The van der Waals surface area contributed by atoms with Crippen LogP contribution in [0.15, 0.2) is 24.3 Å². The molecule has 4 nitrogen and oxygen atoms in total. The first-order chi connectivity index (χ1) is 8.60. The largest absolute Gasteiger partial charge is 0.497 e. The fourth-order valence-electron chi connectivity index (χ4n) is 1.64. The van der Waals surface area contributed by atoms with Gasteiger partial charge in [-0.2, -0.15) is 5.26 Å². The Morgan fingerprint density at radius 1 is 1.33 bits per heavy atom. The van der Waals surface area contributed by atoms with Gasteiger partial charge in [-0.1, -0.05) is 13.8 Å². The first-order valence-corrected chi connectivity index (χ1v) is 5.98.